The molecule has 0 spiro atoms. The van der Waals surface area contributed by atoms with E-state index in [1.165, 1.54) is 0 Å². The second kappa shape index (κ2) is 9.60. The topological polar surface area (TPSA) is 62.8 Å². The van der Waals surface area contributed by atoms with Gasteiger partial charge in [-0.3, -0.25) is 4.90 Å². The van der Waals surface area contributed by atoms with Crippen LogP contribution in [-0.4, -0.2) is 50.9 Å². The Hall–Kier alpha value is -2.28. The van der Waals surface area contributed by atoms with Gasteiger partial charge in [-0.15, -0.1) is 0 Å². The Morgan fingerprint density at radius 2 is 1.96 bits per heavy atom. The van der Waals surface area contributed by atoms with Crippen molar-refractivity contribution in [2.75, 3.05) is 45.3 Å². The number of morpholine rings is 1. The molecule has 1 fully saturated rings. The number of urea groups is 1. The summed E-state index contributed by atoms with van der Waals surface area (Å²) in [5.41, 5.74) is 1.79. The standard InChI is InChI=1S/C20H24ClN3O3/c1-26-18-7-5-15(6-8-18)19(24-9-11-27-12-10-24)14-22-20(25)23-17-4-2-3-16(21)13-17/h2-8,13,19H,9-12,14H2,1H3,(H2,22,23,25). The molecule has 0 aromatic heterocycles. The molecular formula is C20H24ClN3O3. The van der Waals surface area contributed by atoms with Crippen molar-refractivity contribution in [3.05, 3.63) is 59.1 Å². The molecule has 3 rings (SSSR count). The number of methoxy groups -OCH3 is 1. The zero-order valence-electron chi connectivity index (χ0n) is 15.3. The molecular weight excluding hydrogens is 366 g/mol. The first kappa shape index (κ1) is 19.5. The van der Waals surface area contributed by atoms with Gasteiger partial charge in [0.15, 0.2) is 0 Å². The average molecular weight is 390 g/mol. The SMILES string of the molecule is COc1ccc(C(CNC(=O)Nc2cccc(Cl)c2)N2CCOCC2)cc1. The number of nitrogens with one attached hydrogen (secondary N) is 2. The lowest BCUT2D eigenvalue weighted by atomic mass is 10.0. The van der Waals surface area contributed by atoms with Crippen molar-refractivity contribution >= 4 is 23.3 Å². The second-order valence-corrected chi connectivity index (χ2v) is 6.72. The summed E-state index contributed by atoms with van der Waals surface area (Å²) in [7, 11) is 1.65. The fourth-order valence-corrected chi connectivity index (χ4v) is 3.29. The molecule has 144 valence electrons. The van der Waals surface area contributed by atoms with Gasteiger partial charge < -0.3 is 20.1 Å². The van der Waals surface area contributed by atoms with E-state index in [1.54, 1.807) is 31.4 Å². The molecule has 0 bridgehead atoms. The molecule has 1 saturated heterocycles. The molecule has 0 radical (unpaired) electrons. The smallest absolute Gasteiger partial charge is 0.319 e. The highest BCUT2D eigenvalue weighted by Gasteiger charge is 2.23. The van der Waals surface area contributed by atoms with Crippen molar-refractivity contribution < 1.29 is 14.3 Å². The Morgan fingerprint density at radius 1 is 1.22 bits per heavy atom. The van der Waals surface area contributed by atoms with E-state index in [-0.39, 0.29) is 12.1 Å². The Morgan fingerprint density at radius 3 is 2.63 bits per heavy atom. The van der Waals surface area contributed by atoms with Crippen LogP contribution in [0.4, 0.5) is 10.5 Å². The molecule has 1 atom stereocenters. The van der Waals surface area contributed by atoms with E-state index in [0.717, 1.165) is 24.4 Å². The Kier molecular flexibility index (Phi) is 6.92. The summed E-state index contributed by atoms with van der Waals surface area (Å²) in [6.07, 6.45) is 0. The molecule has 6 nitrogen and oxygen atoms in total. The summed E-state index contributed by atoms with van der Waals surface area (Å²) in [4.78, 5) is 14.6. The van der Waals surface area contributed by atoms with Gasteiger partial charge in [0, 0.05) is 30.3 Å². The van der Waals surface area contributed by atoms with Crippen LogP contribution < -0.4 is 15.4 Å². The van der Waals surface area contributed by atoms with Crippen molar-refractivity contribution in [3.8, 4) is 5.75 Å². The minimum atomic E-state index is -0.260. The molecule has 0 saturated carbocycles. The van der Waals surface area contributed by atoms with Gasteiger partial charge >= 0.3 is 6.03 Å². The van der Waals surface area contributed by atoms with Crippen LogP contribution in [0.1, 0.15) is 11.6 Å². The van der Waals surface area contributed by atoms with Gasteiger partial charge in [-0.05, 0) is 35.9 Å². The van der Waals surface area contributed by atoms with Gasteiger partial charge in [0.05, 0.1) is 26.4 Å². The minimum Gasteiger partial charge on any atom is -0.497 e. The van der Waals surface area contributed by atoms with Crippen LogP contribution in [0.25, 0.3) is 0 Å². The number of hydrogen-bond acceptors (Lipinski definition) is 4. The number of amides is 2. The predicted molar refractivity (Wildman–Crippen MR) is 107 cm³/mol. The highest BCUT2D eigenvalue weighted by Crippen LogP contribution is 2.24. The van der Waals surface area contributed by atoms with Crippen LogP contribution in [0.2, 0.25) is 5.02 Å². The van der Waals surface area contributed by atoms with Gasteiger partial charge in [0.25, 0.3) is 0 Å². The van der Waals surface area contributed by atoms with Crippen molar-refractivity contribution in [2.45, 2.75) is 6.04 Å². The zero-order chi connectivity index (χ0) is 19.1. The van der Waals surface area contributed by atoms with E-state index >= 15 is 0 Å². The average Bonchev–Trinajstić information content (AvgIpc) is 2.69. The second-order valence-electron chi connectivity index (χ2n) is 6.28. The van der Waals surface area contributed by atoms with E-state index in [1.807, 2.05) is 24.3 Å². The lowest BCUT2D eigenvalue weighted by Crippen LogP contribution is -2.44. The maximum Gasteiger partial charge on any atom is 0.319 e. The summed E-state index contributed by atoms with van der Waals surface area (Å²) >= 11 is 5.96. The molecule has 1 aliphatic rings. The molecule has 2 aromatic rings. The van der Waals surface area contributed by atoms with Gasteiger partial charge in [-0.2, -0.15) is 0 Å². The number of benzene rings is 2. The van der Waals surface area contributed by atoms with E-state index in [2.05, 4.69) is 15.5 Å². The Balaban J connectivity index is 1.65. The molecule has 1 heterocycles. The van der Waals surface area contributed by atoms with Crippen molar-refractivity contribution in [3.63, 3.8) is 0 Å². The Bertz CT molecular complexity index is 748. The van der Waals surface area contributed by atoms with Gasteiger partial charge in [0.2, 0.25) is 0 Å². The zero-order valence-corrected chi connectivity index (χ0v) is 16.0. The van der Waals surface area contributed by atoms with E-state index in [9.17, 15) is 4.79 Å². The number of halogens is 1. The third kappa shape index (κ3) is 5.60. The number of hydrogen-bond donors (Lipinski definition) is 2. The fraction of sp³-hybridized carbons (Fsp3) is 0.350. The summed E-state index contributed by atoms with van der Waals surface area (Å²) in [5.74, 6) is 0.811. The lowest BCUT2D eigenvalue weighted by molar-refractivity contribution is 0.0167. The molecule has 1 aliphatic heterocycles. The van der Waals surface area contributed by atoms with Crippen molar-refractivity contribution in [1.82, 2.24) is 10.2 Å². The van der Waals surface area contributed by atoms with Crippen LogP contribution in [0.5, 0.6) is 5.75 Å². The van der Waals surface area contributed by atoms with Crippen LogP contribution in [0.3, 0.4) is 0 Å². The third-order valence-corrected chi connectivity index (χ3v) is 4.76. The molecule has 1 unspecified atom stereocenters. The van der Waals surface area contributed by atoms with Crippen LogP contribution in [0, 0.1) is 0 Å². The van der Waals surface area contributed by atoms with Crippen LogP contribution in [-0.2, 0) is 4.74 Å². The summed E-state index contributed by atoms with van der Waals surface area (Å²) in [5, 5.41) is 6.36. The van der Waals surface area contributed by atoms with E-state index in [0.29, 0.717) is 30.5 Å². The van der Waals surface area contributed by atoms with E-state index in [4.69, 9.17) is 21.1 Å². The molecule has 7 heteroatoms. The number of carbonyl (C=O) groups excluding carboxylic acids is 1. The lowest BCUT2D eigenvalue weighted by Gasteiger charge is -2.35. The fourth-order valence-electron chi connectivity index (χ4n) is 3.10. The van der Waals surface area contributed by atoms with E-state index < -0.39 is 0 Å². The maximum absolute atomic E-state index is 12.3. The monoisotopic (exact) mass is 389 g/mol. The molecule has 2 aromatic carbocycles. The number of rotatable bonds is 6. The van der Waals surface area contributed by atoms with Crippen molar-refractivity contribution in [2.24, 2.45) is 0 Å². The number of ether oxygens (including phenoxy) is 2. The first-order chi connectivity index (χ1) is 13.2. The largest absolute Gasteiger partial charge is 0.497 e. The van der Waals surface area contributed by atoms with Crippen molar-refractivity contribution in [1.29, 1.82) is 0 Å². The van der Waals surface area contributed by atoms with Gasteiger partial charge in [0.1, 0.15) is 5.75 Å². The highest BCUT2D eigenvalue weighted by atomic mass is 35.5. The number of anilines is 1. The quantitative estimate of drug-likeness (QED) is 0.793. The summed E-state index contributed by atoms with van der Waals surface area (Å²) < 4.78 is 10.7. The normalized spacial score (nSPS) is 15.8. The first-order valence-electron chi connectivity index (χ1n) is 8.92. The number of carbonyl (C=O) groups is 1. The third-order valence-electron chi connectivity index (χ3n) is 4.53. The van der Waals surface area contributed by atoms with Crippen LogP contribution in [0.15, 0.2) is 48.5 Å². The Labute approximate surface area is 164 Å². The predicted octanol–water partition coefficient (Wildman–Crippen LogP) is 3.54. The maximum atomic E-state index is 12.3. The molecule has 2 amide bonds. The van der Waals surface area contributed by atoms with Crippen LogP contribution >= 0.6 is 11.6 Å². The number of nitrogens with zero attached hydrogens (tertiary/aromatic N) is 1. The molecule has 0 aliphatic carbocycles. The van der Waals surface area contributed by atoms with Gasteiger partial charge in [-0.25, -0.2) is 4.79 Å². The molecule has 2 N–H and O–H groups in total. The summed E-state index contributed by atoms with van der Waals surface area (Å²) in [6.45, 7) is 3.53. The molecule has 27 heavy (non-hydrogen) atoms. The highest BCUT2D eigenvalue weighted by molar-refractivity contribution is 6.30. The minimum absolute atomic E-state index is 0.0601. The van der Waals surface area contributed by atoms with Gasteiger partial charge in [-0.1, -0.05) is 29.8 Å². The first-order valence-corrected chi connectivity index (χ1v) is 9.29. The summed E-state index contributed by atoms with van der Waals surface area (Å²) in [6, 6.07) is 14.8.